The Kier molecular flexibility index (Phi) is 4.58. The largest absolute Gasteiger partial charge is 0.493 e. The van der Waals surface area contributed by atoms with E-state index in [1.54, 1.807) is 18.2 Å². The monoisotopic (exact) mass is 294 g/mol. The number of ether oxygens (including phenoxy) is 2. The Hall–Kier alpha value is -2.07. The molecule has 0 saturated carbocycles. The molecule has 0 heterocycles. The minimum Gasteiger partial charge on any atom is -0.493 e. The number of carbonyl (C=O) groups is 1. The summed E-state index contributed by atoms with van der Waals surface area (Å²) in [5.74, 6) is 0.377. The summed E-state index contributed by atoms with van der Waals surface area (Å²) in [5.41, 5.74) is 0.702. The van der Waals surface area contributed by atoms with Crippen LogP contribution >= 0.6 is 11.6 Å². The zero-order valence-corrected chi connectivity index (χ0v) is 11.5. The molecule has 0 unspecified atom stereocenters. The molecule has 3 nitrogen and oxygen atoms in total. The van der Waals surface area contributed by atoms with Gasteiger partial charge >= 0.3 is 0 Å². The van der Waals surface area contributed by atoms with Crippen molar-refractivity contribution >= 4 is 17.9 Å². The fraction of sp³-hybridized carbons (Fsp3) is 0.133. The van der Waals surface area contributed by atoms with Crippen molar-refractivity contribution in [2.75, 3.05) is 7.11 Å². The molecule has 104 valence electrons. The summed E-state index contributed by atoms with van der Waals surface area (Å²) >= 11 is 5.92. The highest BCUT2D eigenvalue weighted by Gasteiger charge is 2.10. The third kappa shape index (κ3) is 3.08. The Morgan fingerprint density at radius 3 is 2.70 bits per heavy atom. The van der Waals surface area contributed by atoms with Crippen LogP contribution < -0.4 is 9.47 Å². The van der Waals surface area contributed by atoms with E-state index >= 15 is 0 Å². The van der Waals surface area contributed by atoms with Gasteiger partial charge in [-0.2, -0.15) is 0 Å². The number of halogens is 2. The lowest BCUT2D eigenvalue weighted by Crippen LogP contribution is -2.01. The van der Waals surface area contributed by atoms with Crippen LogP contribution in [0, 0.1) is 5.82 Å². The average Bonchev–Trinajstić information content (AvgIpc) is 2.46. The van der Waals surface area contributed by atoms with Gasteiger partial charge in [0.1, 0.15) is 18.7 Å². The van der Waals surface area contributed by atoms with Crippen molar-refractivity contribution in [3.8, 4) is 11.5 Å². The number of aldehydes is 1. The fourth-order valence-electron chi connectivity index (χ4n) is 1.70. The van der Waals surface area contributed by atoms with Gasteiger partial charge in [0.2, 0.25) is 0 Å². The van der Waals surface area contributed by atoms with Gasteiger partial charge in [0.05, 0.1) is 12.1 Å². The van der Waals surface area contributed by atoms with E-state index < -0.39 is 5.82 Å². The summed E-state index contributed by atoms with van der Waals surface area (Å²) in [7, 11) is 1.48. The Bertz CT molecular complexity index is 608. The first kappa shape index (κ1) is 14.3. The summed E-state index contributed by atoms with van der Waals surface area (Å²) in [4.78, 5) is 10.8. The molecule has 0 saturated heterocycles. The maximum atomic E-state index is 13.6. The van der Waals surface area contributed by atoms with Crippen molar-refractivity contribution in [2.24, 2.45) is 0 Å². The molecule has 0 atom stereocenters. The third-order valence-corrected chi connectivity index (χ3v) is 3.11. The maximum Gasteiger partial charge on any atom is 0.162 e. The minimum absolute atomic E-state index is 0.0514. The van der Waals surface area contributed by atoms with Gasteiger partial charge < -0.3 is 9.47 Å². The Morgan fingerprint density at radius 1 is 1.25 bits per heavy atom. The third-order valence-electron chi connectivity index (χ3n) is 2.76. The van der Waals surface area contributed by atoms with E-state index in [1.165, 1.54) is 25.3 Å². The first-order valence-electron chi connectivity index (χ1n) is 5.84. The van der Waals surface area contributed by atoms with Crippen LogP contribution in [0.2, 0.25) is 5.02 Å². The van der Waals surface area contributed by atoms with E-state index in [2.05, 4.69) is 0 Å². The summed E-state index contributed by atoms with van der Waals surface area (Å²) in [6.45, 7) is -0.0514. The van der Waals surface area contributed by atoms with Crippen LogP contribution in [0.1, 0.15) is 15.9 Å². The normalized spacial score (nSPS) is 10.2. The van der Waals surface area contributed by atoms with Crippen molar-refractivity contribution in [1.29, 1.82) is 0 Å². The molecule has 2 aromatic rings. The molecule has 2 rings (SSSR count). The SMILES string of the molecule is COc1ccc(C=O)cc1OCc1c(F)cccc1Cl. The van der Waals surface area contributed by atoms with Gasteiger partial charge in [0.25, 0.3) is 0 Å². The van der Waals surface area contributed by atoms with Gasteiger partial charge in [-0.15, -0.1) is 0 Å². The van der Waals surface area contributed by atoms with Crippen molar-refractivity contribution in [3.63, 3.8) is 0 Å². The van der Waals surface area contributed by atoms with E-state index in [0.29, 0.717) is 23.3 Å². The molecule has 0 radical (unpaired) electrons. The number of hydrogen-bond acceptors (Lipinski definition) is 3. The second kappa shape index (κ2) is 6.39. The molecule has 0 spiro atoms. The van der Waals surface area contributed by atoms with Gasteiger partial charge in [0.15, 0.2) is 11.5 Å². The Balaban J connectivity index is 2.24. The van der Waals surface area contributed by atoms with Crippen molar-refractivity contribution in [1.82, 2.24) is 0 Å². The van der Waals surface area contributed by atoms with Gasteiger partial charge in [-0.3, -0.25) is 4.79 Å². The molecule has 0 aliphatic carbocycles. The molecule has 0 N–H and O–H groups in total. The minimum atomic E-state index is -0.442. The topological polar surface area (TPSA) is 35.5 Å². The van der Waals surface area contributed by atoms with Gasteiger partial charge in [-0.25, -0.2) is 4.39 Å². The molecule has 0 aromatic heterocycles. The molecule has 0 amide bonds. The van der Waals surface area contributed by atoms with E-state index in [-0.39, 0.29) is 17.2 Å². The molecular formula is C15H12ClFO3. The lowest BCUT2D eigenvalue weighted by Gasteiger charge is -2.12. The molecule has 20 heavy (non-hydrogen) atoms. The second-order valence-corrected chi connectivity index (χ2v) is 4.42. The van der Waals surface area contributed by atoms with Gasteiger partial charge in [0, 0.05) is 11.1 Å². The summed E-state index contributed by atoms with van der Waals surface area (Å²) < 4.78 is 24.3. The maximum absolute atomic E-state index is 13.6. The van der Waals surface area contributed by atoms with Gasteiger partial charge in [-0.05, 0) is 30.3 Å². The molecule has 0 aliphatic rings. The predicted octanol–water partition coefficient (Wildman–Crippen LogP) is 3.88. The molecule has 0 fully saturated rings. The quantitative estimate of drug-likeness (QED) is 0.785. The molecule has 0 bridgehead atoms. The van der Waals surface area contributed by atoms with Gasteiger partial charge in [-0.1, -0.05) is 17.7 Å². The van der Waals surface area contributed by atoms with Crippen LogP contribution in [-0.2, 0) is 6.61 Å². The van der Waals surface area contributed by atoms with E-state index in [4.69, 9.17) is 21.1 Å². The molecule has 5 heteroatoms. The van der Waals surface area contributed by atoms with Crippen LogP contribution in [0.25, 0.3) is 0 Å². The Labute approximate surface area is 120 Å². The van der Waals surface area contributed by atoms with E-state index in [0.717, 1.165) is 0 Å². The van der Waals surface area contributed by atoms with Crippen molar-refractivity contribution < 1.29 is 18.7 Å². The number of benzene rings is 2. The fourth-order valence-corrected chi connectivity index (χ4v) is 1.92. The van der Waals surface area contributed by atoms with E-state index in [1.807, 2.05) is 0 Å². The lowest BCUT2D eigenvalue weighted by atomic mass is 10.2. The smallest absolute Gasteiger partial charge is 0.162 e. The zero-order chi connectivity index (χ0) is 14.5. The number of rotatable bonds is 5. The number of hydrogen-bond donors (Lipinski definition) is 0. The highest BCUT2D eigenvalue weighted by atomic mass is 35.5. The van der Waals surface area contributed by atoms with Crippen LogP contribution in [0.3, 0.4) is 0 Å². The summed E-state index contributed by atoms with van der Waals surface area (Å²) in [6.07, 6.45) is 0.697. The first-order valence-corrected chi connectivity index (χ1v) is 6.22. The Morgan fingerprint density at radius 2 is 2.05 bits per heavy atom. The summed E-state index contributed by atoms with van der Waals surface area (Å²) in [5, 5.41) is 0.288. The lowest BCUT2D eigenvalue weighted by molar-refractivity contribution is 0.112. The predicted molar refractivity (Wildman–Crippen MR) is 74.1 cm³/mol. The highest BCUT2D eigenvalue weighted by Crippen LogP contribution is 2.29. The zero-order valence-electron chi connectivity index (χ0n) is 10.7. The standard InChI is InChI=1S/C15H12ClFO3/c1-19-14-6-5-10(8-18)7-15(14)20-9-11-12(16)3-2-4-13(11)17/h2-8H,9H2,1H3. The molecule has 0 aliphatic heterocycles. The number of carbonyl (C=O) groups excluding carboxylic acids is 1. The first-order chi connectivity index (χ1) is 9.65. The second-order valence-electron chi connectivity index (χ2n) is 4.02. The van der Waals surface area contributed by atoms with Crippen LogP contribution in [0.5, 0.6) is 11.5 Å². The molecular weight excluding hydrogens is 283 g/mol. The molecule has 2 aromatic carbocycles. The average molecular weight is 295 g/mol. The van der Waals surface area contributed by atoms with Crippen LogP contribution in [0.4, 0.5) is 4.39 Å². The van der Waals surface area contributed by atoms with Crippen molar-refractivity contribution in [3.05, 3.63) is 58.4 Å². The highest BCUT2D eigenvalue weighted by molar-refractivity contribution is 6.31. The van der Waals surface area contributed by atoms with Crippen LogP contribution in [-0.4, -0.2) is 13.4 Å². The number of methoxy groups -OCH3 is 1. The van der Waals surface area contributed by atoms with E-state index in [9.17, 15) is 9.18 Å². The van der Waals surface area contributed by atoms with Crippen molar-refractivity contribution in [2.45, 2.75) is 6.61 Å². The van der Waals surface area contributed by atoms with Crippen LogP contribution in [0.15, 0.2) is 36.4 Å². The summed E-state index contributed by atoms with van der Waals surface area (Å²) in [6, 6.07) is 9.16.